The van der Waals surface area contributed by atoms with Crippen LogP contribution in [0.1, 0.15) is 23.0 Å². The molecule has 124 valence electrons. The fraction of sp³-hybridized carbons (Fsp3) is 0.267. The summed E-state index contributed by atoms with van der Waals surface area (Å²) in [6.45, 7) is 4.08. The molecule has 0 radical (unpaired) electrons. The van der Waals surface area contributed by atoms with Gasteiger partial charge in [0.25, 0.3) is 5.56 Å². The number of carbonyl (C=O) groups is 1. The van der Waals surface area contributed by atoms with Crippen LogP contribution in [0.25, 0.3) is 4.96 Å². The monoisotopic (exact) mass is 362 g/mol. The van der Waals surface area contributed by atoms with E-state index in [-0.39, 0.29) is 17.1 Å². The molecule has 24 heavy (non-hydrogen) atoms. The van der Waals surface area contributed by atoms with Crippen molar-refractivity contribution in [2.45, 2.75) is 18.2 Å². The molecule has 2 aromatic heterocycles. The second-order valence-electron chi connectivity index (χ2n) is 4.82. The zero-order chi connectivity index (χ0) is 17.1. The molecule has 0 saturated carbocycles. The van der Waals surface area contributed by atoms with Gasteiger partial charge in [-0.3, -0.25) is 9.59 Å². The van der Waals surface area contributed by atoms with Crippen molar-refractivity contribution in [3.63, 3.8) is 0 Å². The molecule has 0 saturated heterocycles. The summed E-state index contributed by atoms with van der Waals surface area (Å²) in [4.78, 5) is 24.6. The van der Waals surface area contributed by atoms with Gasteiger partial charge >= 0.3 is 0 Å². The van der Waals surface area contributed by atoms with Crippen molar-refractivity contribution < 1.29 is 9.53 Å². The van der Waals surface area contributed by atoms with E-state index in [1.165, 1.54) is 27.6 Å². The van der Waals surface area contributed by atoms with Gasteiger partial charge in [0.1, 0.15) is 11.4 Å². The van der Waals surface area contributed by atoms with Gasteiger partial charge in [0, 0.05) is 5.56 Å². The topological polar surface area (TPSA) is 86.5 Å². The highest BCUT2D eigenvalue weighted by molar-refractivity contribution is 8.01. The van der Waals surface area contributed by atoms with Crippen LogP contribution in [0, 0.1) is 6.92 Å². The maximum absolute atomic E-state index is 12.2. The van der Waals surface area contributed by atoms with Crippen molar-refractivity contribution in [2.75, 3.05) is 12.4 Å². The first-order valence-electron chi connectivity index (χ1n) is 7.20. The Kier molecular flexibility index (Phi) is 4.91. The molecule has 0 aliphatic carbocycles. The van der Waals surface area contributed by atoms with Crippen LogP contribution in [-0.2, 0) is 0 Å². The van der Waals surface area contributed by atoms with E-state index in [0.717, 1.165) is 5.75 Å². The van der Waals surface area contributed by atoms with Crippen molar-refractivity contribution >= 4 is 33.8 Å². The van der Waals surface area contributed by atoms with Crippen molar-refractivity contribution in [1.82, 2.24) is 19.8 Å². The van der Waals surface area contributed by atoms with Gasteiger partial charge in [-0.2, -0.15) is 4.52 Å². The van der Waals surface area contributed by atoms with E-state index in [2.05, 4.69) is 15.3 Å². The predicted molar refractivity (Wildman–Crippen MR) is 92.3 cm³/mol. The lowest BCUT2D eigenvalue weighted by atomic mass is 10.1. The van der Waals surface area contributed by atoms with Crippen molar-refractivity contribution in [1.29, 1.82) is 0 Å². The van der Waals surface area contributed by atoms with Gasteiger partial charge in [0.2, 0.25) is 4.96 Å². The van der Waals surface area contributed by atoms with Gasteiger partial charge in [-0.15, -0.1) is 15.3 Å². The number of rotatable bonds is 6. The number of nitrogens with zero attached hydrogens (tertiary/aromatic N) is 4. The minimum Gasteiger partial charge on any atom is -0.494 e. The molecule has 0 aliphatic rings. The lowest BCUT2D eigenvalue weighted by Crippen LogP contribution is -2.19. The quantitative estimate of drug-likeness (QED) is 0.491. The normalized spacial score (nSPS) is 10.9. The molecule has 3 aromatic rings. The van der Waals surface area contributed by atoms with Crippen molar-refractivity contribution in [2.24, 2.45) is 0 Å². The third-order valence-corrected chi connectivity index (χ3v) is 5.18. The van der Waals surface area contributed by atoms with E-state index in [1.54, 1.807) is 31.2 Å². The molecule has 0 amide bonds. The minimum atomic E-state index is -0.291. The smallest absolute Gasteiger partial charge is 0.296 e. The summed E-state index contributed by atoms with van der Waals surface area (Å²) in [6.07, 6.45) is 0. The van der Waals surface area contributed by atoms with Crippen LogP contribution in [0.4, 0.5) is 0 Å². The first-order valence-corrected chi connectivity index (χ1v) is 9.00. The van der Waals surface area contributed by atoms with Crippen LogP contribution in [0.2, 0.25) is 0 Å². The average Bonchev–Trinajstić information content (AvgIpc) is 3.01. The Labute approximate surface area is 145 Å². The number of ketones is 1. The number of thioether (sulfide) groups is 1. The Morgan fingerprint density at radius 2 is 2.04 bits per heavy atom. The molecule has 0 aliphatic heterocycles. The lowest BCUT2D eigenvalue weighted by Gasteiger charge is -2.03. The van der Waals surface area contributed by atoms with Crippen molar-refractivity contribution in [3.05, 3.63) is 45.9 Å². The second kappa shape index (κ2) is 7.10. The number of aromatic nitrogens is 4. The highest BCUT2D eigenvalue weighted by atomic mass is 32.2. The van der Waals surface area contributed by atoms with Crippen LogP contribution in [0.5, 0.6) is 5.75 Å². The molecule has 7 nitrogen and oxygen atoms in total. The molecule has 9 heteroatoms. The van der Waals surface area contributed by atoms with Crippen molar-refractivity contribution in [3.8, 4) is 5.75 Å². The van der Waals surface area contributed by atoms with Crippen LogP contribution >= 0.6 is 23.1 Å². The first-order chi connectivity index (χ1) is 11.6. The molecule has 0 bridgehead atoms. The number of benzene rings is 1. The van der Waals surface area contributed by atoms with Gasteiger partial charge < -0.3 is 4.74 Å². The Morgan fingerprint density at radius 1 is 1.29 bits per heavy atom. The second-order valence-corrected chi connectivity index (χ2v) is 7.00. The van der Waals surface area contributed by atoms with Crippen LogP contribution in [0.3, 0.4) is 0 Å². The summed E-state index contributed by atoms with van der Waals surface area (Å²) in [5.41, 5.74) is 0.612. The SMILES string of the molecule is CCOc1ccc(C(=O)CSc2nn3c(=O)c(C)nnc3s2)cc1. The summed E-state index contributed by atoms with van der Waals surface area (Å²) in [5, 5.41) is 11.9. The number of ether oxygens (including phenoxy) is 1. The molecule has 0 fully saturated rings. The summed E-state index contributed by atoms with van der Waals surface area (Å²) >= 11 is 2.51. The Balaban J connectivity index is 1.70. The van der Waals surface area contributed by atoms with Crippen LogP contribution in [-0.4, -0.2) is 38.0 Å². The highest BCUT2D eigenvalue weighted by Crippen LogP contribution is 2.24. The molecule has 0 atom stereocenters. The van der Waals surface area contributed by atoms with E-state index in [4.69, 9.17) is 4.74 Å². The first kappa shape index (κ1) is 16.6. The standard InChI is InChI=1S/C15H14N4O3S2/c1-3-22-11-6-4-10(5-7-11)12(20)8-23-15-18-19-13(21)9(2)16-17-14(19)24-15/h4-7H,3,8H2,1-2H3. The van der Waals surface area contributed by atoms with Gasteiger partial charge in [-0.1, -0.05) is 23.1 Å². The molecule has 3 rings (SSSR count). The maximum atomic E-state index is 12.2. The fourth-order valence-electron chi connectivity index (χ4n) is 1.95. The van der Waals surface area contributed by atoms with Crippen LogP contribution in [0.15, 0.2) is 33.4 Å². The third-order valence-electron chi connectivity index (χ3n) is 3.14. The number of hydrogen-bond acceptors (Lipinski definition) is 8. The number of carbonyl (C=O) groups excluding carboxylic acids is 1. The zero-order valence-corrected chi connectivity index (χ0v) is 14.7. The molecular weight excluding hydrogens is 348 g/mol. The fourth-order valence-corrected chi connectivity index (χ4v) is 3.71. The summed E-state index contributed by atoms with van der Waals surface area (Å²) < 4.78 is 7.18. The lowest BCUT2D eigenvalue weighted by molar-refractivity contribution is 0.102. The number of Topliss-reactive ketones (excluding diaryl/α,β-unsaturated/α-hetero) is 1. The van der Waals surface area contributed by atoms with E-state index in [1.807, 2.05) is 6.92 Å². The maximum Gasteiger partial charge on any atom is 0.296 e. The zero-order valence-electron chi connectivity index (χ0n) is 13.1. The Morgan fingerprint density at radius 3 is 2.75 bits per heavy atom. The highest BCUT2D eigenvalue weighted by Gasteiger charge is 2.12. The largest absolute Gasteiger partial charge is 0.494 e. The van der Waals surface area contributed by atoms with E-state index >= 15 is 0 Å². The summed E-state index contributed by atoms with van der Waals surface area (Å²) in [7, 11) is 0. The van der Waals surface area contributed by atoms with E-state index < -0.39 is 0 Å². The van der Waals surface area contributed by atoms with E-state index in [9.17, 15) is 9.59 Å². The molecule has 0 unspecified atom stereocenters. The van der Waals surface area contributed by atoms with Gasteiger partial charge in [-0.25, -0.2) is 0 Å². The average molecular weight is 362 g/mol. The number of hydrogen-bond donors (Lipinski definition) is 0. The number of fused-ring (bicyclic) bond motifs is 1. The Hall–Kier alpha value is -2.26. The molecular formula is C15H14N4O3S2. The predicted octanol–water partition coefficient (Wildman–Crippen LogP) is 2.23. The summed E-state index contributed by atoms with van der Waals surface area (Å²) in [6, 6.07) is 7.03. The molecule has 0 spiro atoms. The van der Waals surface area contributed by atoms with Gasteiger partial charge in [0.05, 0.1) is 12.4 Å². The molecule has 1 aromatic carbocycles. The Bertz CT molecular complexity index is 934. The van der Waals surface area contributed by atoms with Crippen LogP contribution < -0.4 is 10.3 Å². The van der Waals surface area contributed by atoms with Gasteiger partial charge in [-0.05, 0) is 38.1 Å². The minimum absolute atomic E-state index is 0.0167. The third kappa shape index (κ3) is 3.46. The molecule has 0 N–H and O–H groups in total. The van der Waals surface area contributed by atoms with E-state index in [0.29, 0.717) is 27.2 Å². The molecule has 2 heterocycles. The number of aryl methyl sites for hydroxylation is 1. The van der Waals surface area contributed by atoms with Gasteiger partial charge in [0.15, 0.2) is 10.1 Å². The summed E-state index contributed by atoms with van der Waals surface area (Å²) in [5.74, 6) is 0.952.